The smallest absolute Gasteiger partial charge is 0.196 e. The maximum atomic E-state index is 12.0. The summed E-state index contributed by atoms with van der Waals surface area (Å²) in [7, 11) is 1.79. The topological polar surface area (TPSA) is 34.9 Å². The van der Waals surface area contributed by atoms with Crippen LogP contribution in [-0.2, 0) is 7.05 Å². The molecule has 0 spiro atoms. The van der Waals surface area contributed by atoms with Gasteiger partial charge in [-0.15, -0.1) is 0 Å². The third-order valence-corrected chi connectivity index (χ3v) is 3.26. The summed E-state index contributed by atoms with van der Waals surface area (Å²) in [5, 5.41) is 3.99. The van der Waals surface area contributed by atoms with Crippen molar-refractivity contribution < 1.29 is 4.79 Å². The Hall–Kier alpha value is -1.42. The average Bonchev–Trinajstić information content (AvgIpc) is 2.68. The van der Waals surface area contributed by atoms with Crippen molar-refractivity contribution in [1.82, 2.24) is 9.78 Å². The largest absolute Gasteiger partial charge is 0.288 e. The number of carbonyl (C=O) groups is 1. The van der Waals surface area contributed by atoms with Gasteiger partial charge < -0.3 is 0 Å². The zero-order valence-corrected chi connectivity index (χ0v) is 10.7. The summed E-state index contributed by atoms with van der Waals surface area (Å²) < 4.78 is 2.57. The van der Waals surface area contributed by atoms with E-state index >= 15 is 0 Å². The average molecular weight is 279 g/mol. The molecule has 0 amide bonds. The molecular weight excluding hydrogens is 268 g/mol. The number of halogens is 1. The number of nitrogens with zero attached hydrogens (tertiary/aromatic N) is 2. The number of ketones is 1. The van der Waals surface area contributed by atoms with Gasteiger partial charge in [0.2, 0.25) is 0 Å². The van der Waals surface area contributed by atoms with E-state index in [0.29, 0.717) is 11.1 Å². The summed E-state index contributed by atoms with van der Waals surface area (Å²) >= 11 is 3.42. The molecule has 82 valence electrons. The summed E-state index contributed by atoms with van der Waals surface area (Å²) in [5.74, 6) is -0.00574. The van der Waals surface area contributed by atoms with E-state index in [1.54, 1.807) is 24.1 Å². The molecule has 2 aromatic rings. The highest BCUT2D eigenvalue weighted by Crippen LogP contribution is 2.19. The summed E-state index contributed by atoms with van der Waals surface area (Å²) in [6.45, 7) is 1.99. The first-order valence-corrected chi connectivity index (χ1v) is 5.67. The van der Waals surface area contributed by atoms with Crippen LogP contribution in [0, 0.1) is 6.92 Å². The molecule has 0 aliphatic carbocycles. The molecule has 0 atom stereocenters. The van der Waals surface area contributed by atoms with Crippen molar-refractivity contribution in [2.24, 2.45) is 7.05 Å². The van der Waals surface area contributed by atoms with Crippen molar-refractivity contribution in [2.45, 2.75) is 6.92 Å². The molecule has 1 heterocycles. The Morgan fingerprint density at radius 1 is 1.38 bits per heavy atom. The lowest BCUT2D eigenvalue weighted by atomic mass is 10.1. The van der Waals surface area contributed by atoms with Crippen LogP contribution < -0.4 is 0 Å². The van der Waals surface area contributed by atoms with Crippen molar-refractivity contribution in [3.63, 3.8) is 0 Å². The molecule has 0 saturated heterocycles. The first-order chi connectivity index (χ1) is 7.58. The molecular formula is C12H11BrN2O. The molecule has 0 saturated carbocycles. The zero-order valence-electron chi connectivity index (χ0n) is 9.07. The van der Waals surface area contributed by atoms with Crippen molar-refractivity contribution in [3.8, 4) is 0 Å². The van der Waals surface area contributed by atoms with E-state index in [-0.39, 0.29) is 5.78 Å². The van der Waals surface area contributed by atoms with Gasteiger partial charge in [0.15, 0.2) is 5.78 Å². The fourth-order valence-corrected chi connectivity index (χ4v) is 1.82. The Balaban J connectivity index is 2.38. The Bertz CT molecular complexity index is 546. The molecule has 0 unspecified atom stereocenters. The van der Waals surface area contributed by atoms with Gasteiger partial charge in [-0.25, -0.2) is 0 Å². The van der Waals surface area contributed by atoms with E-state index < -0.39 is 0 Å². The van der Waals surface area contributed by atoms with Crippen LogP contribution in [0.15, 0.2) is 35.1 Å². The molecule has 1 aromatic carbocycles. The predicted molar refractivity (Wildman–Crippen MR) is 65.5 cm³/mol. The molecule has 16 heavy (non-hydrogen) atoms. The third kappa shape index (κ3) is 2.07. The number of hydrogen-bond donors (Lipinski definition) is 0. The predicted octanol–water partition coefficient (Wildman–Crippen LogP) is 2.72. The number of carbonyl (C=O) groups excluding carboxylic acids is 1. The van der Waals surface area contributed by atoms with E-state index in [9.17, 15) is 4.79 Å². The van der Waals surface area contributed by atoms with Crippen LogP contribution in [0.4, 0.5) is 0 Å². The van der Waals surface area contributed by atoms with Crippen molar-refractivity contribution in [2.75, 3.05) is 0 Å². The summed E-state index contributed by atoms with van der Waals surface area (Å²) in [6.07, 6.45) is 3.30. The monoisotopic (exact) mass is 278 g/mol. The SMILES string of the molecule is Cc1ccc(C(=O)c2cnn(C)c2)cc1Br. The highest BCUT2D eigenvalue weighted by molar-refractivity contribution is 9.10. The van der Waals surface area contributed by atoms with Crippen molar-refractivity contribution >= 4 is 21.7 Å². The van der Waals surface area contributed by atoms with Crippen LogP contribution in [0.3, 0.4) is 0 Å². The Kier molecular flexibility index (Phi) is 2.92. The van der Waals surface area contributed by atoms with Crippen LogP contribution in [0.2, 0.25) is 0 Å². The summed E-state index contributed by atoms with van der Waals surface area (Å²) in [6, 6.07) is 5.59. The Morgan fingerprint density at radius 2 is 2.12 bits per heavy atom. The van der Waals surface area contributed by atoms with Gasteiger partial charge in [-0.2, -0.15) is 5.10 Å². The minimum Gasteiger partial charge on any atom is -0.288 e. The van der Waals surface area contributed by atoms with E-state index in [0.717, 1.165) is 10.0 Å². The van der Waals surface area contributed by atoms with E-state index in [1.807, 2.05) is 25.1 Å². The van der Waals surface area contributed by atoms with Gasteiger partial charge in [-0.05, 0) is 18.6 Å². The standard InChI is InChI=1S/C12H11BrN2O/c1-8-3-4-9(5-11(8)13)12(16)10-6-14-15(2)7-10/h3-7H,1-2H3. The van der Waals surface area contributed by atoms with Gasteiger partial charge in [-0.3, -0.25) is 9.48 Å². The molecule has 2 rings (SSSR count). The number of aryl methyl sites for hydroxylation is 2. The minimum absolute atomic E-state index is 0.00574. The van der Waals surface area contributed by atoms with Crippen LogP contribution in [0.5, 0.6) is 0 Å². The lowest BCUT2D eigenvalue weighted by Crippen LogP contribution is -2.00. The molecule has 1 aromatic heterocycles. The summed E-state index contributed by atoms with van der Waals surface area (Å²) in [4.78, 5) is 12.0. The normalized spacial score (nSPS) is 10.4. The number of aromatic nitrogens is 2. The molecule has 0 N–H and O–H groups in total. The molecule has 0 bridgehead atoms. The molecule has 4 heteroatoms. The third-order valence-electron chi connectivity index (χ3n) is 2.40. The van der Waals surface area contributed by atoms with Gasteiger partial charge in [0, 0.05) is 23.3 Å². The minimum atomic E-state index is -0.00574. The second-order valence-corrected chi connectivity index (χ2v) is 4.55. The molecule has 0 fully saturated rings. The van der Waals surface area contributed by atoms with Crippen molar-refractivity contribution in [1.29, 1.82) is 0 Å². The summed E-state index contributed by atoms with van der Waals surface area (Å²) in [5.41, 5.74) is 2.39. The highest BCUT2D eigenvalue weighted by Gasteiger charge is 2.11. The Labute approximate surface area is 102 Å². The maximum absolute atomic E-state index is 12.0. The van der Waals surface area contributed by atoms with Gasteiger partial charge in [0.1, 0.15) is 0 Å². The highest BCUT2D eigenvalue weighted by atomic mass is 79.9. The lowest BCUT2D eigenvalue weighted by molar-refractivity contribution is 0.103. The number of hydrogen-bond acceptors (Lipinski definition) is 2. The van der Waals surface area contributed by atoms with E-state index in [4.69, 9.17) is 0 Å². The van der Waals surface area contributed by atoms with Crippen molar-refractivity contribution in [3.05, 3.63) is 51.8 Å². The van der Waals surface area contributed by atoms with Gasteiger partial charge in [0.25, 0.3) is 0 Å². The van der Waals surface area contributed by atoms with E-state index in [2.05, 4.69) is 21.0 Å². The van der Waals surface area contributed by atoms with Crippen LogP contribution in [-0.4, -0.2) is 15.6 Å². The maximum Gasteiger partial charge on any atom is 0.196 e. The number of benzene rings is 1. The van der Waals surface area contributed by atoms with Crippen LogP contribution in [0.25, 0.3) is 0 Å². The quantitative estimate of drug-likeness (QED) is 0.792. The van der Waals surface area contributed by atoms with Gasteiger partial charge in [0.05, 0.1) is 11.8 Å². The molecule has 0 aliphatic rings. The second kappa shape index (κ2) is 4.22. The van der Waals surface area contributed by atoms with Crippen LogP contribution in [0.1, 0.15) is 21.5 Å². The molecule has 3 nitrogen and oxygen atoms in total. The fourth-order valence-electron chi connectivity index (χ4n) is 1.44. The molecule has 0 radical (unpaired) electrons. The fraction of sp³-hybridized carbons (Fsp3) is 0.167. The van der Waals surface area contributed by atoms with E-state index in [1.165, 1.54) is 0 Å². The van der Waals surface area contributed by atoms with Gasteiger partial charge >= 0.3 is 0 Å². The zero-order chi connectivity index (χ0) is 11.7. The Morgan fingerprint density at radius 3 is 2.69 bits per heavy atom. The second-order valence-electron chi connectivity index (χ2n) is 3.70. The molecule has 0 aliphatic heterocycles. The van der Waals surface area contributed by atoms with Crippen LogP contribution >= 0.6 is 15.9 Å². The van der Waals surface area contributed by atoms with Gasteiger partial charge in [-0.1, -0.05) is 28.1 Å². The first kappa shape index (κ1) is 11.1. The lowest BCUT2D eigenvalue weighted by Gasteiger charge is -2.01. The number of rotatable bonds is 2. The first-order valence-electron chi connectivity index (χ1n) is 4.87.